The van der Waals surface area contributed by atoms with Crippen LogP contribution in [-0.2, 0) is 38.7 Å². The summed E-state index contributed by atoms with van der Waals surface area (Å²) in [5, 5.41) is 4.24. The maximum absolute atomic E-state index is 14.5. The molecule has 0 bridgehead atoms. The van der Waals surface area contributed by atoms with E-state index < -0.39 is 50.9 Å². The molecule has 0 aliphatic carbocycles. The quantitative estimate of drug-likeness (QED) is 0.213. The molecule has 1 atom stereocenters. The lowest BCUT2D eigenvalue weighted by Gasteiger charge is -2.31. The number of nitrogens with one attached hydrogen (secondary N) is 2. The molecule has 0 saturated carbocycles. The van der Waals surface area contributed by atoms with Crippen molar-refractivity contribution in [3.63, 3.8) is 0 Å². The first-order valence-corrected chi connectivity index (χ1v) is 15.8. The van der Waals surface area contributed by atoms with Crippen molar-refractivity contribution < 1.29 is 31.1 Å². The lowest BCUT2D eigenvalue weighted by Crippen LogP contribution is -2.48. The molecule has 2 heterocycles. The Labute approximate surface area is 262 Å². The number of fused-ring (bicyclic) bond motifs is 2. The minimum absolute atomic E-state index is 0.0223. The van der Waals surface area contributed by atoms with Crippen LogP contribution in [0.1, 0.15) is 28.3 Å². The minimum atomic E-state index is -4.74. The van der Waals surface area contributed by atoms with Gasteiger partial charge in [0.2, 0.25) is 0 Å². The van der Waals surface area contributed by atoms with E-state index >= 15 is 0 Å². The van der Waals surface area contributed by atoms with Crippen molar-refractivity contribution in [2.45, 2.75) is 30.2 Å². The van der Waals surface area contributed by atoms with E-state index in [0.717, 1.165) is 40.1 Å². The van der Waals surface area contributed by atoms with Crippen LogP contribution in [0.3, 0.4) is 0 Å². The van der Waals surface area contributed by atoms with Crippen LogP contribution >= 0.6 is 0 Å². The van der Waals surface area contributed by atoms with Crippen LogP contribution in [0.15, 0.2) is 107 Å². The molecule has 1 aromatic heterocycles. The van der Waals surface area contributed by atoms with Crippen molar-refractivity contribution in [3.8, 4) is 11.1 Å². The highest BCUT2D eigenvalue weighted by Gasteiger charge is 2.41. The second-order valence-corrected chi connectivity index (χ2v) is 12.5. The monoisotopic (exact) mass is 647 g/mol. The van der Waals surface area contributed by atoms with Crippen LogP contribution < -0.4 is 15.6 Å². The number of carbonyl (C=O) groups is 1. The van der Waals surface area contributed by atoms with Crippen molar-refractivity contribution in [3.05, 3.63) is 130 Å². The Bertz CT molecular complexity index is 2130. The summed E-state index contributed by atoms with van der Waals surface area (Å²) in [5.41, 5.74) is -0.419. The molecule has 4 aromatic carbocycles. The molecule has 46 heavy (non-hydrogen) atoms. The van der Waals surface area contributed by atoms with Gasteiger partial charge < -0.3 is 10.1 Å². The second kappa shape index (κ2) is 12.1. The molecule has 2 N–H and O–H groups in total. The zero-order chi connectivity index (χ0) is 32.6. The average molecular weight is 648 g/mol. The predicted molar refractivity (Wildman–Crippen MR) is 168 cm³/mol. The molecule has 1 aliphatic rings. The van der Waals surface area contributed by atoms with E-state index in [-0.39, 0.29) is 35.3 Å². The number of ether oxygens (including phenoxy) is 1. The van der Waals surface area contributed by atoms with Crippen LogP contribution in [0.4, 0.5) is 18.9 Å². The first kappa shape index (κ1) is 31.1. The summed E-state index contributed by atoms with van der Waals surface area (Å²) in [6.07, 6.45) is -4.76. The lowest BCUT2D eigenvalue weighted by molar-refractivity contribution is -0.144. The summed E-state index contributed by atoms with van der Waals surface area (Å²) >= 11 is 0. The van der Waals surface area contributed by atoms with Gasteiger partial charge in [0, 0.05) is 25.1 Å². The minimum Gasteiger partial charge on any atom is -0.467 e. The summed E-state index contributed by atoms with van der Waals surface area (Å²) in [5.74, 6) is -0.892. The van der Waals surface area contributed by atoms with Crippen LogP contribution in [0.5, 0.6) is 0 Å². The van der Waals surface area contributed by atoms with E-state index in [9.17, 15) is 31.2 Å². The largest absolute Gasteiger partial charge is 0.467 e. The number of benzene rings is 4. The number of rotatable bonds is 7. The average Bonchev–Trinajstić information content (AvgIpc) is 3.05. The third kappa shape index (κ3) is 5.77. The molecule has 0 amide bonds. The normalized spacial score (nSPS) is 15.7. The Hall–Kier alpha value is -4.94. The number of pyridine rings is 1. The van der Waals surface area contributed by atoms with Gasteiger partial charge in [0.05, 0.1) is 12.7 Å². The number of carbonyl (C=O) groups excluding carboxylic acids is 1. The van der Waals surface area contributed by atoms with Crippen molar-refractivity contribution in [1.29, 1.82) is 0 Å². The topological polar surface area (TPSA) is 106 Å². The van der Waals surface area contributed by atoms with Crippen LogP contribution in [0.2, 0.25) is 0 Å². The number of hydrogen-bond donors (Lipinski definition) is 2. The number of aromatic nitrogens is 1. The van der Waals surface area contributed by atoms with Gasteiger partial charge in [-0.15, -0.1) is 0 Å². The molecular weight excluding hydrogens is 619 g/mol. The third-order valence-corrected chi connectivity index (χ3v) is 9.47. The van der Waals surface area contributed by atoms with Gasteiger partial charge in [-0.3, -0.25) is 9.36 Å². The molecule has 6 rings (SSSR count). The standard InChI is InChI=1S/C34H28F3N3O5S/c1-45-33(42)28-20-39-46(43,44)32-29(24-14-8-15-25(17-24)34(35,36)37)27(18-23-13-7-12-22-11-5-6-16-26(22)23)30(31(41)40(28)32)38-19-21-9-3-2-4-10-21/h2-17,28,38-39H,18-20H2,1H3. The van der Waals surface area contributed by atoms with E-state index in [1.165, 1.54) is 12.1 Å². The zero-order valence-corrected chi connectivity index (χ0v) is 25.3. The Balaban J connectivity index is 1.73. The summed E-state index contributed by atoms with van der Waals surface area (Å²) < 4.78 is 77.7. The molecule has 0 saturated heterocycles. The fourth-order valence-electron chi connectivity index (χ4n) is 5.87. The SMILES string of the molecule is COC(=O)C1CNS(=O)(=O)c2c(-c3cccc(C(F)(F)F)c3)c(Cc3cccc4ccccc34)c(NCc3ccccc3)c(=O)n21. The van der Waals surface area contributed by atoms with E-state index in [1.807, 2.05) is 72.8 Å². The van der Waals surface area contributed by atoms with E-state index in [0.29, 0.717) is 5.56 Å². The maximum atomic E-state index is 14.5. The van der Waals surface area contributed by atoms with Crippen molar-refractivity contribution >= 4 is 32.5 Å². The Morgan fingerprint density at radius 2 is 1.67 bits per heavy atom. The number of esters is 1. The second-order valence-electron chi connectivity index (χ2n) is 10.8. The first-order valence-electron chi connectivity index (χ1n) is 14.3. The first-order chi connectivity index (χ1) is 22.0. The van der Waals surface area contributed by atoms with Gasteiger partial charge >= 0.3 is 12.1 Å². The van der Waals surface area contributed by atoms with E-state index in [4.69, 9.17) is 4.74 Å². The molecular formula is C34H28F3N3O5S. The number of anilines is 1. The van der Waals surface area contributed by atoms with Crippen molar-refractivity contribution in [2.24, 2.45) is 0 Å². The summed E-state index contributed by atoms with van der Waals surface area (Å²) in [4.78, 5) is 27.4. The third-order valence-electron chi connectivity index (χ3n) is 8.01. The van der Waals surface area contributed by atoms with Gasteiger partial charge in [0.25, 0.3) is 15.6 Å². The van der Waals surface area contributed by atoms with Gasteiger partial charge in [0.1, 0.15) is 11.7 Å². The van der Waals surface area contributed by atoms with Gasteiger partial charge in [-0.1, -0.05) is 84.9 Å². The Morgan fingerprint density at radius 3 is 2.41 bits per heavy atom. The van der Waals surface area contributed by atoms with Crippen LogP contribution in [0.25, 0.3) is 21.9 Å². The highest BCUT2D eigenvalue weighted by molar-refractivity contribution is 7.89. The molecule has 236 valence electrons. The van der Waals surface area contributed by atoms with Crippen molar-refractivity contribution in [2.75, 3.05) is 19.0 Å². The molecule has 0 radical (unpaired) electrons. The summed E-state index contributed by atoms with van der Waals surface area (Å²) in [6, 6.07) is 25.0. The summed E-state index contributed by atoms with van der Waals surface area (Å²) in [7, 11) is -3.41. The molecule has 12 heteroatoms. The summed E-state index contributed by atoms with van der Waals surface area (Å²) in [6.45, 7) is -0.349. The van der Waals surface area contributed by atoms with Gasteiger partial charge in [-0.25, -0.2) is 17.9 Å². The fourth-order valence-corrected chi connectivity index (χ4v) is 7.36. The molecule has 0 fully saturated rings. The number of nitrogens with zero attached hydrogens (tertiary/aromatic N) is 1. The van der Waals surface area contributed by atoms with Gasteiger partial charge in [0.15, 0.2) is 5.03 Å². The smallest absolute Gasteiger partial charge is 0.416 e. The van der Waals surface area contributed by atoms with Crippen molar-refractivity contribution in [1.82, 2.24) is 9.29 Å². The number of sulfonamides is 1. The highest BCUT2D eigenvalue weighted by Crippen LogP contribution is 2.41. The molecule has 8 nitrogen and oxygen atoms in total. The van der Waals surface area contributed by atoms with Crippen LogP contribution in [0, 0.1) is 0 Å². The maximum Gasteiger partial charge on any atom is 0.416 e. The zero-order valence-electron chi connectivity index (χ0n) is 24.5. The van der Waals surface area contributed by atoms with Gasteiger partial charge in [-0.2, -0.15) is 13.2 Å². The highest BCUT2D eigenvalue weighted by atomic mass is 32.2. The Kier molecular flexibility index (Phi) is 8.17. The molecule has 1 unspecified atom stereocenters. The van der Waals surface area contributed by atoms with E-state index in [2.05, 4.69) is 10.0 Å². The molecule has 0 spiro atoms. The molecule has 5 aromatic rings. The van der Waals surface area contributed by atoms with Crippen LogP contribution in [-0.4, -0.2) is 32.6 Å². The molecule has 1 aliphatic heterocycles. The fraction of sp³-hybridized carbons (Fsp3) is 0.176. The number of halogens is 3. The predicted octanol–water partition coefficient (Wildman–Crippen LogP) is 5.90. The Morgan fingerprint density at radius 1 is 0.978 bits per heavy atom. The lowest BCUT2D eigenvalue weighted by atomic mass is 9.91. The number of hydrogen-bond acceptors (Lipinski definition) is 6. The van der Waals surface area contributed by atoms with Gasteiger partial charge in [-0.05, 0) is 45.2 Å². The van der Waals surface area contributed by atoms with E-state index in [1.54, 1.807) is 0 Å². The number of methoxy groups -OCH3 is 1. The number of alkyl halides is 3.